The van der Waals surface area contributed by atoms with Crippen LogP contribution in [0.5, 0.6) is 0 Å². The van der Waals surface area contributed by atoms with Crippen molar-refractivity contribution in [1.82, 2.24) is 0 Å². The van der Waals surface area contributed by atoms with Crippen LogP contribution in [0.4, 0.5) is 0 Å². The summed E-state index contributed by atoms with van der Waals surface area (Å²) in [5, 5.41) is 1.57. The minimum absolute atomic E-state index is 0.261. The molecule has 0 aliphatic carbocycles. The van der Waals surface area contributed by atoms with Crippen LogP contribution in [0.2, 0.25) is 30.2 Å². The molecule has 0 heterocycles. The molecule has 30 heavy (non-hydrogen) atoms. The van der Waals surface area contributed by atoms with Gasteiger partial charge in [-0.25, -0.2) is 0 Å². The van der Waals surface area contributed by atoms with Gasteiger partial charge in [-0.3, -0.25) is 0 Å². The van der Waals surface area contributed by atoms with Gasteiger partial charge >= 0.3 is 0 Å². The van der Waals surface area contributed by atoms with E-state index in [4.69, 9.17) is 0 Å². The Balaban J connectivity index is 7.55. The number of alkyl halides is 2. The summed E-state index contributed by atoms with van der Waals surface area (Å²) in [6, 6.07) is 0. The van der Waals surface area contributed by atoms with Gasteiger partial charge in [-0.05, 0) is 30.2 Å². The Labute approximate surface area is 210 Å². The maximum atomic E-state index is 4.54. The number of hydrogen-bond donors (Lipinski definition) is 0. The first-order valence-electron chi connectivity index (χ1n) is 11.8. The van der Waals surface area contributed by atoms with Crippen molar-refractivity contribution in [3.63, 3.8) is 0 Å². The van der Waals surface area contributed by atoms with E-state index in [1.165, 1.54) is 0 Å². The Morgan fingerprint density at radius 3 is 0.500 bits per heavy atom. The fourth-order valence-electron chi connectivity index (χ4n) is 9.67. The van der Waals surface area contributed by atoms with Gasteiger partial charge in [-0.2, -0.15) is 0 Å². The lowest BCUT2D eigenvalue weighted by Crippen LogP contribution is -2.74. The molecule has 0 aromatic rings. The van der Waals surface area contributed by atoms with Crippen molar-refractivity contribution in [3.8, 4) is 0 Å². The number of halogens is 2. The van der Waals surface area contributed by atoms with E-state index in [0.29, 0.717) is 8.90 Å². The zero-order chi connectivity index (χ0) is 25.2. The summed E-state index contributed by atoms with van der Waals surface area (Å²) < 4.78 is 0.962. The van der Waals surface area contributed by atoms with Crippen molar-refractivity contribution in [3.05, 3.63) is 0 Å². The van der Waals surface area contributed by atoms with Crippen molar-refractivity contribution in [2.45, 2.75) is 164 Å². The molecule has 0 saturated heterocycles. The summed E-state index contributed by atoms with van der Waals surface area (Å²) in [4.78, 5) is 0. The van der Waals surface area contributed by atoms with Crippen molar-refractivity contribution in [2.24, 2.45) is 0 Å². The molecule has 0 spiro atoms. The first-order valence-corrected chi connectivity index (χ1v) is 17.8. The van der Waals surface area contributed by atoms with Crippen LogP contribution in [0.3, 0.4) is 0 Å². The topological polar surface area (TPSA) is 0 Å². The quantitative estimate of drug-likeness (QED) is 0.229. The average Bonchev–Trinajstić information content (AvgIpc) is 2.27. The Kier molecular flexibility index (Phi) is 8.96. The van der Waals surface area contributed by atoms with E-state index < -0.39 is 16.1 Å². The van der Waals surface area contributed by atoms with Crippen LogP contribution in [0, 0.1) is 0 Å². The third-order valence-electron chi connectivity index (χ3n) is 8.18. The molecule has 0 aromatic carbocycles. The predicted molar refractivity (Wildman–Crippen MR) is 155 cm³/mol. The maximum Gasteiger partial charge on any atom is 0.0856 e. The molecule has 0 N–H and O–H groups in total. The van der Waals surface area contributed by atoms with Gasteiger partial charge in [0, 0.05) is 8.90 Å². The zero-order valence-electron chi connectivity index (χ0n) is 23.9. The smallest absolute Gasteiger partial charge is 0.0856 e. The molecule has 2 atom stereocenters. The van der Waals surface area contributed by atoms with E-state index in [9.17, 15) is 0 Å². The second-order valence-electron chi connectivity index (χ2n) is 15.9. The summed E-state index contributed by atoms with van der Waals surface area (Å²) in [7, 11) is -4.02. The lowest BCUT2D eigenvalue weighted by atomic mass is 10.2. The fraction of sp³-hybridized carbons (Fsp3) is 1.00. The fourth-order valence-corrected chi connectivity index (χ4v) is 45.3. The zero-order valence-corrected chi connectivity index (χ0v) is 29.1. The first-order chi connectivity index (χ1) is 12.6. The molecule has 0 saturated carbocycles. The average molecular weight is 585 g/mol. The molecule has 0 radical (unpaired) electrons. The summed E-state index contributed by atoms with van der Waals surface area (Å²) >= 11 is 9.07. The molecule has 0 fully saturated rings. The Bertz CT molecular complexity index is 455. The van der Waals surface area contributed by atoms with Crippen molar-refractivity contribution in [1.29, 1.82) is 0 Å². The van der Waals surface area contributed by atoms with E-state index >= 15 is 0 Å². The highest BCUT2D eigenvalue weighted by Gasteiger charge is 2.70. The molecular formula is C26H56Br2Si2. The number of rotatable bonds is 3. The maximum absolute atomic E-state index is 4.54. The van der Waals surface area contributed by atoms with Gasteiger partial charge in [0.2, 0.25) is 0 Å². The second-order valence-corrected chi connectivity index (χ2v) is 33.1. The molecule has 2 unspecified atom stereocenters. The van der Waals surface area contributed by atoms with Crippen LogP contribution >= 0.6 is 31.9 Å². The number of hydrogen-bond acceptors (Lipinski definition) is 0. The predicted octanol–water partition coefficient (Wildman–Crippen LogP) is 11.3. The van der Waals surface area contributed by atoms with E-state index in [0.717, 1.165) is 0 Å². The Hall–Kier alpha value is 1.39. The normalized spacial score (nSPS) is 18.4. The lowest BCUT2D eigenvalue weighted by molar-refractivity contribution is 0.504. The van der Waals surface area contributed by atoms with Gasteiger partial charge in [0.1, 0.15) is 0 Å². The van der Waals surface area contributed by atoms with E-state index in [1.807, 2.05) is 0 Å². The third-order valence-corrected chi connectivity index (χ3v) is 31.9. The molecule has 0 rings (SSSR count). The molecular weight excluding hydrogens is 528 g/mol. The highest BCUT2D eigenvalue weighted by atomic mass is 79.9. The highest BCUT2D eigenvalue weighted by molar-refractivity contribution is 9.13. The molecule has 0 bridgehead atoms. The lowest BCUT2D eigenvalue weighted by Gasteiger charge is -2.68. The molecule has 0 aliphatic rings. The van der Waals surface area contributed by atoms with E-state index in [2.05, 4.69) is 156 Å². The summed E-state index contributed by atoms with van der Waals surface area (Å²) in [6.45, 7) is 45.5. The van der Waals surface area contributed by atoms with Crippen LogP contribution in [0.15, 0.2) is 0 Å². The largest absolute Gasteiger partial charge is 0.0915 e. The summed E-state index contributed by atoms with van der Waals surface area (Å²) in [5.41, 5.74) is 0. The third kappa shape index (κ3) is 4.65. The van der Waals surface area contributed by atoms with Gasteiger partial charge in [0.25, 0.3) is 0 Å². The van der Waals surface area contributed by atoms with Crippen LogP contribution in [0.1, 0.15) is 125 Å². The molecule has 0 aromatic heterocycles. The highest BCUT2D eigenvalue weighted by Crippen LogP contribution is 2.71. The Morgan fingerprint density at radius 2 is 0.433 bits per heavy atom. The van der Waals surface area contributed by atoms with Crippen LogP contribution in [0.25, 0.3) is 0 Å². The first kappa shape index (κ1) is 31.4. The molecule has 0 amide bonds. The van der Waals surface area contributed by atoms with Crippen LogP contribution in [-0.2, 0) is 0 Å². The van der Waals surface area contributed by atoms with Gasteiger partial charge in [0.05, 0.1) is 16.1 Å². The molecule has 0 aliphatic heterocycles. The molecule has 182 valence electrons. The molecule has 0 nitrogen and oxygen atoms in total. The standard InChI is InChI=1S/C26H56Br2Si2/c1-21(2,3)29(22(4,5)6,23(7,8)9)19(27)20(28)30(24(10,11)12,25(13,14)15)26(16,17)18/h19-20H,1-18H3. The second kappa shape index (κ2) is 8.56. The Morgan fingerprint density at radius 1 is 0.333 bits per heavy atom. The van der Waals surface area contributed by atoms with Crippen LogP contribution in [-0.4, -0.2) is 25.0 Å². The van der Waals surface area contributed by atoms with Gasteiger partial charge in [0.15, 0.2) is 0 Å². The van der Waals surface area contributed by atoms with Crippen LogP contribution < -0.4 is 0 Å². The SMILES string of the molecule is CC(C)(C)[Si](C(Br)C(Br)[Si](C(C)(C)C)(C(C)(C)C)C(C)(C)C)(C(C)(C)C)C(C)(C)C. The minimum Gasteiger partial charge on any atom is -0.0915 e. The van der Waals surface area contributed by atoms with E-state index in [1.54, 1.807) is 0 Å². The van der Waals surface area contributed by atoms with Gasteiger partial charge in [-0.15, -0.1) is 0 Å². The van der Waals surface area contributed by atoms with Crippen molar-refractivity contribution < 1.29 is 0 Å². The summed E-state index contributed by atoms with van der Waals surface area (Å²) in [5.74, 6) is 0. The minimum atomic E-state index is -2.01. The van der Waals surface area contributed by atoms with Gasteiger partial charge < -0.3 is 0 Å². The molecule has 4 heteroatoms. The summed E-state index contributed by atoms with van der Waals surface area (Å²) in [6.07, 6.45) is 0. The van der Waals surface area contributed by atoms with Gasteiger partial charge in [-0.1, -0.05) is 156 Å². The van der Waals surface area contributed by atoms with Crippen molar-refractivity contribution in [2.75, 3.05) is 0 Å². The monoisotopic (exact) mass is 582 g/mol. The van der Waals surface area contributed by atoms with Crippen molar-refractivity contribution >= 4 is 48.0 Å². The van der Waals surface area contributed by atoms with E-state index in [-0.39, 0.29) is 30.2 Å².